The van der Waals surface area contributed by atoms with E-state index in [0.29, 0.717) is 0 Å². The van der Waals surface area contributed by atoms with E-state index in [0.717, 1.165) is 23.3 Å². The molecule has 0 amide bonds. The van der Waals surface area contributed by atoms with Gasteiger partial charge < -0.3 is 10.3 Å². The van der Waals surface area contributed by atoms with Crippen molar-refractivity contribution in [1.29, 1.82) is 0 Å². The quantitative estimate of drug-likeness (QED) is 0.812. The number of rotatable bonds is 2. The molecule has 3 heteroatoms. The fourth-order valence-electron chi connectivity index (χ4n) is 1.86. The molecule has 0 bridgehead atoms. The van der Waals surface area contributed by atoms with Crippen LogP contribution in [0.25, 0.3) is 11.0 Å². The van der Waals surface area contributed by atoms with Crippen LogP contribution in [0.2, 0.25) is 0 Å². The molecule has 0 radical (unpaired) electrons. The van der Waals surface area contributed by atoms with E-state index in [4.69, 9.17) is 5.73 Å². The third-order valence-electron chi connectivity index (χ3n) is 2.84. The zero-order chi connectivity index (χ0) is 11.0. The summed E-state index contributed by atoms with van der Waals surface area (Å²) in [5.41, 5.74) is 9.25. The first-order valence-corrected chi connectivity index (χ1v) is 5.34. The highest BCUT2D eigenvalue weighted by Crippen LogP contribution is 2.19. The van der Waals surface area contributed by atoms with Gasteiger partial charge in [-0.25, -0.2) is 4.98 Å². The molecule has 80 valence electrons. The van der Waals surface area contributed by atoms with E-state index in [2.05, 4.69) is 35.7 Å². The number of aryl methyl sites for hydroxylation is 2. The summed E-state index contributed by atoms with van der Waals surface area (Å²) in [6, 6.07) is 6.31. The molecular formula is C12H17N3. The molecule has 1 atom stereocenters. The van der Waals surface area contributed by atoms with Crippen LogP contribution in [0.15, 0.2) is 18.2 Å². The number of hydrogen-bond donors (Lipinski definition) is 1. The van der Waals surface area contributed by atoms with E-state index in [1.54, 1.807) is 0 Å². The predicted molar refractivity (Wildman–Crippen MR) is 62.7 cm³/mol. The molecule has 0 saturated heterocycles. The zero-order valence-corrected chi connectivity index (χ0v) is 9.49. The molecule has 0 saturated carbocycles. The van der Waals surface area contributed by atoms with Gasteiger partial charge in [-0.05, 0) is 24.6 Å². The fraction of sp³-hybridized carbons (Fsp3) is 0.417. The Morgan fingerprint density at radius 3 is 2.80 bits per heavy atom. The molecule has 1 unspecified atom stereocenters. The lowest BCUT2D eigenvalue weighted by Gasteiger charge is -2.05. The normalized spacial score (nSPS) is 13.3. The molecule has 0 aliphatic rings. The minimum atomic E-state index is 0.0781. The van der Waals surface area contributed by atoms with Crippen molar-refractivity contribution < 1.29 is 0 Å². The molecule has 0 aliphatic carbocycles. The first-order chi connectivity index (χ1) is 7.13. The van der Waals surface area contributed by atoms with Crippen LogP contribution in [0.4, 0.5) is 0 Å². The molecule has 0 fully saturated rings. The van der Waals surface area contributed by atoms with Crippen LogP contribution < -0.4 is 5.73 Å². The van der Waals surface area contributed by atoms with Crippen LogP contribution in [0.5, 0.6) is 0 Å². The highest BCUT2D eigenvalue weighted by molar-refractivity contribution is 5.77. The van der Waals surface area contributed by atoms with Gasteiger partial charge in [0.1, 0.15) is 5.82 Å². The Morgan fingerprint density at radius 1 is 1.47 bits per heavy atom. The van der Waals surface area contributed by atoms with Crippen LogP contribution >= 0.6 is 0 Å². The van der Waals surface area contributed by atoms with E-state index < -0.39 is 0 Å². The maximum Gasteiger partial charge on any atom is 0.109 e. The maximum atomic E-state index is 5.86. The van der Waals surface area contributed by atoms with Gasteiger partial charge in [-0.15, -0.1) is 0 Å². The van der Waals surface area contributed by atoms with Gasteiger partial charge in [-0.2, -0.15) is 0 Å². The Bertz CT molecular complexity index is 483. The lowest BCUT2D eigenvalue weighted by molar-refractivity contribution is 0.812. The van der Waals surface area contributed by atoms with Gasteiger partial charge in [0.25, 0.3) is 0 Å². The second-order valence-electron chi connectivity index (χ2n) is 3.98. The van der Waals surface area contributed by atoms with Crippen molar-refractivity contribution in [2.45, 2.75) is 26.3 Å². The maximum absolute atomic E-state index is 5.86. The number of aromatic nitrogens is 2. The number of nitrogens with two attached hydrogens (primary N) is 1. The van der Waals surface area contributed by atoms with Crippen molar-refractivity contribution in [3.63, 3.8) is 0 Å². The fourth-order valence-corrected chi connectivity index (χ4v) is 1.86. The predicted octanol–water partition coefficient (Wildman–Crippen LogP) is 2.16. The first kappa shape index (κ1) is 10.2. The Morgan fingerprint density at radius 2 is 2.20 bits per heavy atom. The van der Waals surface area contributed by atoms with E-state index in [1.165, 1.54) is 5.52 Å². The number of imidazole rings is 1. The number of benzene rings is 1. The van der Waals surface area contributed by atoms with Crippen LogP contribution in [0.3, 0.4) is 0 Å². The molecular weight excluding hydrogens is 186 g/mol. The van der Waals surface area contributed by atoms with Crippen molar-refractivity contribution in [2.75, 3.05) is 0 Å². The summed E-state index contributed by atoms with van der Waals surface area (Å²) in [7, 11) is 2.05. The Kier molecular flexibility index (Phi) is 2.49. The van der Waals surface area contributed by atoms with Crippen molar-refractivity contribution in [3.8, 4) is 0 Å². The molecule has 1 aromatic heterocycles. The van der Waals surface area contributed by atoms with Gasteiger partial charge >= 0.3 is 0 Å². The standard InChI is InChI=1S/C12H17N3/c1-4-12-14-10-6-5-9(8(2)13)7-11(10)15(12)3/h5-8H,4,13H2,1-3H3. The average molecular weight is 203 g/mol. The lowest BCUT2D eigenvalue weighted by Crippen LogP contribution is -2.04. The van der Waals surface area contributed by atoms with Crippen molar-refractivity contribution >= 4 is 11.0 Å². The molecule has 1 aromatic carbocycles. The van der Waals surface area contributed by atoms with E-state index in [9.17, 15) is 0 Å². The Hall–Kier alpha value is -1.35. The number of nitrogens with zero attached hydrogens (tertiary/aromatic N) is 2. The second kappa shape index (κ2) is 3.66. The van der Waals surface area contributed by atoms with E-state index in [1.807, 2.05) is 13.0 Å². The summed E-state index contributed by atoms with van der Waals surface area (Å²) in [5, 5.41) is 0. The highest BCUT2D eigenvalue weighted by atomic mass is 15.1. The summed E-state index contributed by atoms with van der Waals surface area (Å²) in [6.07, 6.45) is 0.957. The lowest BCUT2D eigenvalue weighted by atomic mass is 10.1. The van der Waals surface area contributed by atoms with Crippen LogP contribution in [-0.2, 0) is 13.5 Å². The van der Waals surface area contributed by atoms with E-state index in [-0.39, 0.29) is 6.04 Å². The molecule has 0 aliphatic heterocycles. The number of hydrogen-bond acceptors (Lipinski definition) is 2. The summed E-state index contributed by atoms with van der Waals surface area (Å²) >= 11 is 0. The van der Waals surface area contributed by atoms with Crippen LogP contribution in [-0.4, -0.2) is 9.55 Å². The summed E-state index contributed by atoms with van der Waals surface area (Å²) in [5.74, 6) is 1.12. The van der Waals surface area contributed by atoms with Crippen molar-refractivity contribution in [3.05, 3.63) is 29.6 Å². The smallest absolute Gasteiger partial charge is 0.109 e. The van der Waals surface area contributed by atoms with E-state index >= 15 is 0 Å². The average Bonchev–Trinajstić information content (AvgIpc) is 2.55. The van der Waals surface area contributed by atoms with Crippen LogP contribution in [0, 0.1) is 0 Å². The molecule has 1 heterocycles. The minimum Gasteiger partial charge on any atom is -0.331 e. The topological polar surface area (TPSA) is 43.8 Å². The van der Waals surface area contributed by atoms with Gasteiger partial charge in [-0.3, -0.25) is 0 Å². The molecule has 2 rings (SSSR count). The largest absolute Gasteiger partial charge is 0.331 e. The summed E-state index contributed by atoms with van der Waals surface area (Å²) < 4.78 is 2.14. The Labute approximate surface area is 89.9 Å². The minimum absolute atomic E-state index is 0.0781. The molecule has 3 nitrogen and oxygen atoms in total. The molecule has 2 aromatic rings. The molecule has 0 spiro atoms. The van der Waals surface area contributed by atoms with Gasteiger partial charge in [0, 0.05) is 19.5 Å². The van der Waals surface area contributed by atoms with Crippen LogP contribution in [0.1, 0.15) is 31.3 Å². The summed E-state index contributed by atoms with van der Waals surface area (Å²) in [6.45, 7) is 4.12. The second-order valence-corrected chi connectivity index (χ2v) is 3.98. The molecule has 15 heavy (non-hydrogen) atoms. The summed E-state index contributed by atoms with van der Waals surface area (Å²) in [4.78, 5) is 4.55. The van der Waals surface area contributed by atoms with Crippen molar-refractivity contribution in [1.82, 2.24) is 9.55 Å². The Balaban J connectivity index is 2.65. The van der Waals surface area contributed by atoms with Gasteiger partial charge in [0.05, 0.1) is 11.0 Å². The van der Waals surface area contributed by atoms with Gasteiger partial charge in [0.15, 0.2) is 0 Å². The third kappa shape index (κ3) is 1.63. The SMILES string of the molecule is CCc1nc2ccc(C(C)N)cc2n1C. The first-order valence-electron chi connectivity index (χ1n) is 5.34. The molecule has 2 N–H and O–H groups in total. The third-order valence-corrected chi connectivity index (χ3v) is 2.84. The van der Waals surface area contributed by atoms with Gasteiger partial charge in [-0.1, -0.05) is 13.0 Å². The monoisotopic (exact) mass is 203 g/mol. The highest BCUT2D eigenvalue weighted by Gasteiger charge is 2.07. The van der Waals surface area contributed by atoms with Gasteiger partial charge in [0.2, 0.25) is 0 Å². The number of fused-ring (bicyclic) bond motifs is 1. The zero-order valence-electron chi connectivity index (χ0n) is 9.49. The van der Waals surface area contributed by atoms with Crippen molar-refractivity contribution in [2.24, 2.45) is 12.8 Å².